The average molecular weight is 276 g/mol. The molecule has 2 nitrogen and oxygen atoms in total. The molecule has 0 heterocycles. The van der Waals surface area contributed by atoms with Gasteiger partial charge < -0.3 is 9.84 Å². The molecule has 1 atom stereocenters. The minimum Gasteiger partial charge on any atom is -0.497 e. The fourth-order valence-electron chi connectivity index (χ4n) is 1.55. The van der Waals surface area contributed by atoms with Crippen LogP contribution in [0.4, 0.5) is 0 Å². The minimum absolute atomic E-state index is 0.174. The number of hydrogen-bond donors (Lipinski definition) is 2. The molecule has 0 bridgehead atoms. The number of thiol groups is 1. The second kappa shape index (κ2) is 9.48. The molecule has 1 unspecified atom stereocenters. The van der Waals surface area contributed by atoms with Crippen LogP contribution in [0.15, 0.2) is 60.7 Å². The Morgan fingerprint density at radius 3 is 1.89 bits per heavy atom. The molecule has 0 aliphatic rings. The highest BCUT2D eigenvalue weighted by Gasteiger charge is 2.05. The molecule has 2 aromatic rings. The lowest BCUT2D eigenvalue weighted by Crippen LogP contribution is -2.04. The zero-order valence-electron chi connectivity index (χ0n) is 11.1. The van der Waals surface area contributed by atoms with E-state index in [0.717, 1.165) is 11.3 Å². The summed E-state index contributed by atoms with van der Waals surface area (Å²) in [5, 5.41) is 8.93. The van der Waals surface area contributed by atoms with Gasteiger partial charge in [0.15, 0.2) is 0 Å². The summed E-state index contributed by atoms with van der Waals surface area (Å²) in [6.07, 6.45) is 0. The third-order valence-electron chi connectivity index (χ3n) is 2.69. The molecule has 2 rings (SSSR count). The summed E-state index contributed by atoms with van der Waals surface area (Å²) >= 11 is 4.15. The lowest BCUT2D eigenvalue weighted by Gasteiger charge is -2.10. The molecular formula is C16H20O2S. The molecule has 0 saturated carbocycles. The van der Waals surface area contributed by atoms with Crippen LogP contribution in [0, 0.1) is 0 Å². The van der Waals surface area contributed by atoms with Crippen LogP contribution in [0.5, 0.6) is 5.75 Å². The van der Waals surface area contributed by atoms with E-state index in [1.54, 1.807) is 7.11 Å². The van der Waals surface area contributed by atoms with Gasteiger partial charge in [0.05, 0.1) is 13.7 Å². The molecule has 102 valence electrons. The van der Waals surface area contributed by atoms with Gasteiger partial charge in [-0.05, 0) is 23.4 Å². The van der Waals surface area contributed by atoms with E-state index in [2.05, 4.69) is 12.6 Å². The monoisotopic (exact) mass is 276 g/mol. The molecule has 0 fully saturated rings. The normalized spacial score (nSPS) is 11.1. The van der Waals surface area contributed by atoms with Gasteiger partial charge in [-0.25, -0.2) is 0 Å². The third kappa shape index (κ3) is 5.81. The fraction of sp³-hybridized carbons (Fsp3) is 0.250. The summed E-state index contributed by atoms with van der Waals surface area (Å²) in [6, 6.07) is 19.6. The molecule has 0 aliphatic carbocycles. The van der Waals surface area contributed by atoms with Gasteiger partial charge in [0, 0.05) is 5.92 Å². The first-order chi connectivity index (χ1) is 9.31. The summed E-state index contributed by atoms with van der Waals surface area (Å²) in [4.78, 5) is 0. The maximum Gasteiger partial charge on any atom is 0.118 e. The van der Waals surface area contributed by atoms with Gasteiger partial charge in [-0.1, -0.05) is 48.5 Å². The Morgan fingerprint density at radius 1 is 1.00 bits per heavy atom. The molecule has 0 amide bonds. The molecule has 0 aliphatic heterocycles. The third-order valence-corrected chi connectivity index (χ3v) is 3.13. The molecule has 1 N–H and O–H groups in total. The van der Waals surface area contributed by atoms with E-state index in [1.807, 2.05) is 60.7 Å². The molecule has 0 aromatic heterocycles. The number of rotatable bonds is 4. The van der Waals surface area contributed by atoms with Crippen LogP contribution in [0.25, 0.3) is 0 Å². The van der Waals surface area contributed by atoms with Crippen molar-refractivity contribution in [2.75, 3.05) is 19.5 Å². The summed E-state index contributed by atoms with van der Waals surface area (Å²) in [5.74, 6) is 1.78. The quantitative estimate of drug-likeness (QED) is 0.838. The van der Waals surface area contributed by atoms with Crippen LogP contribution >= 0.6 is 12.6 Å². The van der Waals surface area contributed by atoms with Gasteiger partial charge in [0.1, 0.15) is 5.75 Å². The SMILES string of the molecule is COc1ccccc1.OCC(CS)c1ccccc1. The first-order valence-corrected chi connectivity index (χ1v) is 6.80. The predicted molar refractivity (Wildman–Crippen MR) is 83.1 cm³/mol. The maximum atomic E-state index is 8.93. The van der Waals surface area contributed by atoms with Crippen LogP contribution in [0.1, 0.15) is 11.5 Å². The number of aliphatic hydroxyl groups is 1. The maximum absolute atomic E-state index is 8.93. The van der Waals surface area contributed by atoms with Crippen LogP contribution in [0.3, 0.4) is 0 Å². The van der Waals surface area contributed by atoms with E-state index in [0.29, 0.717) is 5.75 Å². The van der Waals surface area contributed by atoms with E-state index in [4.69, 9.17) is 9.84 Å². The van der Waals surface area contributed by atoms with Crippen molar-refractivity contribution in [3.8, 4) is 5.75 Å². The van der Waals surface area contributed by atoms with Gasteiger partial charge in [0.2, 0.25) is 0 Å². The van der Waals surface area contributed by atoms with Crippen molar-refractivity contribution in [1.82, 2.24) is 0 Å². The average Bonchev–Trinajstić information content (AvgIpc) is 2.51. The fourth-order valence-corrected chi connectivity index (χ4v) is 1.88. The molecule has 0 spiro atoms. The van der Waals surface area contributed by atoms with Crippen molar-refractivity contribution in [3.63, 3.8) is 0 Å². The summed E-state index contributed by atoms with van der Waals surface area (Å²) in [6.45, 7) is 0.174. The molecule has 2 aromatic carbocycles. The standard InChI is InChI=1S/C9H12OS.C7H8O/c10-6-9(7-11)8-4-2-1-3-5-8;1-8-7-5-3-2-4-6-7/h1-5,9-11H,6-7H2;2-6H,1H3. The van der Waals surface area contributed by atoms with Gasteiger partial charge >= 0.3 is 0 Å². The van der Waals surface area contributed by atoms with Crippen LogP contribution in [-0.2, 0) is 0 Å². The minimum atomic E-state index is 0.174. The molecule has 19 heavy (non-hydrogen) atoms. The number of aliphatic hydroxyl groups excluding tert-OH is 1. The Bertz CT molecular complexity index is 427. The topological polar surface area (TPSA) is 29.5 Å². The van der Waals surface area contributed by atoms with Crippen molar-refractivity contribution < 1.29 is 9.84 Å². The van der Waals surface area contributed by atoms with E-state index in [9.17, 15) is 0 Å². The zero-order chi connectivity index (χ0) is 13.9. The van der Waals surface area contributed by atoms with E-state index < -0.39 is 0 Å². The molecular weight excluding hydrogens is 256 g/mol. The molecule has 0 saturated heterocycles. The highest BCUT2D eigenvalue weighted by atomic mass is 32.1. The second-order valence-electron chi connectivity index (χ2n) is 3.99. The van der Waals surface area contributed by atoms with E-state index in [1.165, 1.54) is 0 Å². The lowest BCUT2D eigenvalue weighted by atomic mass is 10.0. The Hall–Kier alpha value is -1.45. The van der Waals surface area contributed by atoms with Crippen molar-refractivity contribution in [2.45, 2.75) is 5.92 Å². The first kappa shape index (κ1) is 15.6. The lowest BCUT2D eigenvalue weighted by molar-refractivity contribution is 0.275. The van der Waals surface area contributed by atoms with Crippen molar-refractivity contribution >= 4 is 12.6 Å². The summed E-state index contributed by atoms with van der Waals surface area (Å²) < 4.78 is 4.91. The largest absolute Gasteiger partial charge is 0.497 e. The van der Waals surface area contributed by atoms with Crippen LogP contribution < -0.4 is 4.74 Å². The first-order valence-electron chi connectivity index (χ1n) is 6.17. The number of para-hydroxylation sites is 1. The predicted octanol–water partition coefficient (Wildman–Crippen LogP) is 3.39. The Kier molecular flexibility index (Phi) is 7.78. The van der Waals surface area contributed by atoms with Gasteiger partial charge in [-0.2, -0.15) is 12.6 Å². The Labute approximate surface area is 120 Å². The number of hydrogen-bond acceptors (Lipinski definition) is 3. The number of methoxy groups -OCH3 is 1. The number of ether oxygens (including phenoxy) is 1. The van der Waals surface area contributed by atoms with Gasteiger partial charge in [-0.3, -0.25) is 0 Å². The van der Waals surface area contributed by atoms with Gasteiger partial charge in [0.25, 0.3) is 0 Å². The summed E-state index contributed by atoms with van der Waals surface area (Å²) in [5.41, 5.74) is 1.16. The van der Waals surface area contributed by atoms with Gasteiger partial charge in [-0.15, -0.1) is 0 Å². The molecule has 3 heteroatoms. The smallest absolute Gasteiger partial charge is 0.118 e. The van der Waals surface area contributed by atoms with Crippen molar-refractivity contribution in [1.29, 1.82) is 0 Å². The van der Waals surface area contributed by atoms with Crippen LogP contribution in [-0.4, -0.2) is 24.6 Å². The Balaban J connectivity index is 0.000000200. The van der Waals surface area contributed by atoms with Crippen molar-refractivity contribution in [3.05, 3.63) is 66.2 Å². The van der Waals surface area contributed by atoms with Crippen LogP contribution in [0.2, 0.25) is 0 Å². The highest BCUT2D eigenvalue weighted by Crippen LogP contribution is 2.15. The second-order valence-corrected chi connectivity index (χ2v) is 4.36. The molecule has 0 radical (unpaired) electrons. The summed E-state index contributed by atoms with van der Waals surface area (Å²) in [7, 11) is 1.66. The van der Waals surface area contributed by atoms with E-state index in [-0.39, 0.29) is 12.5 Å². The zero-order valence-corrected chi connectivity index (χ0v) is 12.0. The Morgan fingerprint density at radius 2 is 1.53 bits per heavy atom. The van der Waals surface area contributed by atoms with Crippen molar-refractivity contribution in [2.24, 2.45) is 0 Å². The number of benzene rings is 2. The highest BCUT2D eigenvalue weighted by molar-refractivity contribution is 7.80. The van der Waals surface area contributed by atoms with E-state index >= 15 is 0 Å².